The van der Waals surface area contributed by atoms with Gasteiger partial charge in [0.25, 0.3) is 5.56 Å². The zero-order valence-electron chi connectivity index (χ0n) is 14.5. The molecule has 0 bridgehead atoms. The highest BCUT2D eigenvalue weighted by atomic mass is 32.1. The molecule has 0 radical (unpaired) electrons. The van der Waals surface area contributed by atoms with Crippen molar-refractivity contribution < 1.29 is 0 Å². The van der Waals surface area contributed by atoms with E-state index in [-0.39, 0.29) is 5.56 Å². The molecule has 0 amide bonds. The van der Waals surface area contributed by atoms with Crippen LogP contribution in [-0.2, 0) is 6.54 Å². The van der Waals surface area contributed by atoms with E-state index >= 15 is 0 Å². The quantitative estimate of drug-likeness (QED) is 0.432. The minimum Gasteiger partial charge on any atom is -0.304 e. The van der Waals surface area contributed by atoms with E-state index in [0.29, 0.717) is 6.54 Å². The second-order valence-electron chi connectivity index (χ2n) is 6.47. The molecule has 0 spiro atoms. The first-order valence-electron chi connectivity index (χ1n) is 8.82. The summed E-state index contributed by atoms with van der Waals surface area (Å²) in [7, 11) is 0. The average molecular weight is 368 g/mol. The zero-order chi connectivity index (χ0) is 18.2. The molecule has 2 aromatic heterocycles. The molecule has 0 saturated carbocycles. The molecule has 130 valence electrons. The largest absolute Gasteiger partial charge is 0.304 e. The van der Waals surface area contributed by atoms with Crippen LogP contribution in [0.2, 0.25) is 0 Å². The van der Waals surface area contributed by atoms with Crippen molar-refractivity contribution in [2.24, 2.45) is 0 Å². The summed E-state index contributed by atoms with van der Waals surface area (Å²) in [6.45, 7) is 0.556. The third kappa shape index (κ3) is 2.84. The third-order valence-corrected chi connectivity index (χ3v) is 5.80. The molecule has 5 rings (SSSR count). The van der Waals surface area contributed by atoms with E-state index in [0.717, 1.165) is 37.3 Å². The molecule has 3 nitrogen and oxygen atoms in total. The summed E-state index contributed by atoms with van der Waals surface area (Å²) in [4.78, 5) is 17.7. The van der Waals surface area contributed by atoms with Gasteiger partial charge in [0.15, 0.2) is 0 Å². The van der Waals surface area contributed by atoms with Gasteiger partial charge in [0, 0.05) is 17.0 Å². The van der Waals surface area contributed by atoms with Gasteiger partial charge in [-0.05, 0) is 23.8 Å². The minimum absolute atomic E-state index is 0.00758. The summed E-state index contributed by atoms with van der Waals surface area (Å²) < 4.78 is 2.96. The first kappa shape index (κ1) is 16.0. The van der Waals surface area contributed by atoms with E-state index in [9.17, 15) is 4.79 Å². The molecule has 5 aromatic rings. The van der Waals surface area contributed by atoms with Crippen molar-refractivity contribution in [3.8, 4) is 10.6 Å². The highest BCUT2D eigenvalue weighted by Crippen LogP contribution is 2.33. The molecule has 2 heterocycles. The van der Waals surface area contributed by atoms with E-state index in [2.05, 4.69) is 12.1 Å². The Kier molecular flexibility index (Phi) is 3.84. The molecule has 27 heavy (non-hydrogen) atoms. The number of aromatic nitrogens is 2. The SMILES string of the molecule is O=c1cc(-c2nc3ccccc3s2)c2ccccc2n1Cc1ccccc1. The molecule has 3 aromatic carbocycles. The van der Waals surface area contributed by atoms with Crippen molar-refractivity contribution >= 4 is 32.5 Å². The fraction of sp³-hybridized carbons (Fsp3) is 0.0435. The first-order valence-corrected chi connectivity index (χ1v) is 9.64. The molecule has 0 aliphatic rings. The average Bonchev–Trinajstić information content (AvgIpc) is 3.15. The Labute approximate surface area is 160 Å². The van der Waals surface area contributed by atoms with Crippen LogP contribution >= 0.6 is 11.3 Å². The monoisotopic (exact) mass is 368 g/mol. The van der Waals surface area contributed by atoms with Gasteiger partial charge in [-0.3, -0.25) is 4.79 Å². The summed E-state index contributed by atoms with van der Waals surface area (Å²) in [6, 6.07) is 27.9. The van der Waals surface area contributed by atoms with Crippen LogP contribution in [0.5, 0.6) is 0 Å². The Morgan fingerprint density at radius 3 is 2.44 bits per heavy atom. The molecule has 0 unspecified atom stereocenters. The fourth-order valence-electron chi connectivity index (χ4n) is 3.43. The van der Waals surface area contributed by atoms with E-state index in [1.165, 1.54) is 0 Å². The number of fused-ring (bicyclic) bond motifs is 2. The van der Waals surface area contributed by atoms with Crippen LogP contribution in [0.1, 0.15) is 5.56 Å². The molecule has 0 fully saturated rings. The number of hydrogen-bond acceptors (Lipinski definition) is 3. The molecular weight excluding hydrogens is 352 g/mol. The summed E-state index contributed by atoms with van der Waals surface area (Å²) in [5, 5.41) is 1.93. The maximum Gasteiger partial charge on any atom is 0.252 e. The van der Waals surface area contributed by atoms with E-state index in [1.54, 1.807) is 17.4 Å². The van der Waals surface area contributed by atoms with Gasteiger partial charge in [-0.2, -0.15) is 0 Å². The minimum atomic E-state index is -0.00758. The van der Waals surface area contributed by atoms with Gasteiger partial charge in [0.1, 0.15) is 5.01 Å². The van der Waals surface area contributed by atoms with Crippen molar-refractivity contribution in [1.82, 2.24) is 9.55 Å². The number of para-hydroxylation sites is 2. The van der Waals surface area contributed by atoms with Crippen molar-refractivity contribution in [3.05, 3.63) is 101 Å². The van der Waals surface area contributed by atoms with Gasteiger partial charge in [0.05, 0.1) is 22.3 Å². The van der Waals surface area contributed by atoms with Crippen LogP contribution < -0.4 is 5.56 Å². The molecule has 0 saturated heterocycles. The van der Waals surface area contributed by atoms with Gasteiger partial charge in [-0.15, -0.1) is 11.3 Å². The van der Waals surface area contributed by atoms with E-state index in [4.69, 9.17) is 4.98 Å². The standard InChI is InChI=1S/C23H16N2OS/c26-22-14-18(23-24-19-11-5-7-13-21(19)27-23)17-10-4-6-12-20(17)25(22)15-16-8-2-1-3-9-16/h1-14H,15H2. The maximum absolute atomic E-state index is 13.0. The molecule has 4 heteroatoms. The Morgan fingerprint density at radius 2 is 1.59 bits per heavy atom. The van der Waals surface area contributed by atoms with Gasteiger partial charge >= 0.3 is 0 Å². The second kappa shape index (κ2) is 6.49. The summed E-state index contributed by atoms with van der Waals surface area (Å²) in [5.41, 5.74) is 3.91. The van der Waals surface area contributed by atoms with Crippen LogP contribution in [0.15, 0.2) is 89.7 Å². The number of hydrogen-bond donors (Lipinski definition) is 0. The van der Waals surface area contributed by atoms with Gasteiger partial charge in [-0.1, -0.05) is 60.7 Å². The van der Waals surface area contributed by atoms with Crippen molar-refractivity contribution in [2.75, 3.05) is 0 Å². The summed E-state index contributed by atoms with van der Waals surface area (Å²) in [6.07, 6.45) is 0. The first-order chi connectivity index (χ1) is 13.3. The van der Waals surface area contributed by atoms with Crippen LogP contribution in [0.25, 0.3) is 31.7 Å². The lowest BCUT2D eigenvalue weighted by molar-refractivity contribution is 0.795. The lowest BCUT2D eigenvalue weighted by Gasteiger charge is -2.12. The van der Waals surface area contributed by atoms with E-state index < -0.39 is 0 Å². The third-order valence-electron chi connectivity index (χ3n) is 4.73. The lowest BCUT2D eigenvalue weighted by atomic mass is 10.1. The van der Waals surface area contributed by atoms with Gasteiger partial charge in [0.2, 0.25) is 0 Å². The van der Waals surface area contributed by atoms with Gasteiger partial charge in [-0.25, -0.2) is 4.98 Å². The zero-order valence-corrected chi connectivity index (χ0v) is 15.3. The number of pyridine rings is 1. The molecule has 0 aliphatic heterocycles. The fourth-order valence-corrected chi connectivity index (χ4v) is 4.42. The molecule has 0 atom stereocenters. The van der Waals surface area contributed by atoms with Crippen LogP contribution in [0.3, 0.4) is 0 Å². The summed E-state index contributed by atoms with van der Waals surface area (Å²) >= 11 is 1.62. The Hall–Kier alpha value is -3.24. The number of benzene rings is 3. The molecular formula is C23H16N2OS. The number of rotatable bonds is 3. The predicted octanol–water partition coefficient (Wildman–Crippen LogP) is 5.33. The lowest BCUT2D eigenvalue weighted by Crippen LogP contribution is -2.20. The molecule has 0 N–H and O–H groups in total. The maximum atomic E-state index is 13.0. The highest BCUT2D eigenvalue weighted by molar-refractivity contribution is 7.21. The van der Waals surface area contributed by atoms with Crippen molar-refractivity contribution in [2.45, 2.75) is 6.54 Å². The number of thiazole rings is 1. The second-order valence-corrected chi connectivity index (χ2v) is 7.50. The Morgan fingerprint density at radius 1 is 0.852 bits per heavy atom. The molecule has 0 aliphatic carbocycles. The van der Waals surface area contributed by atoms with E-state index in [1.807, 2.05) is 71.3 Å². The topological polar surface area (TPSA) is 34.9 Å². The summed E-state index contributed by atoms with van der Waals surface area (Å²) in [5.74, 6) is 0. The highest BCUT2D eigenvalue weighted by Gasteiger charge is 2.14. The van der Waals surface area contributed by atoms with Crippen molar-refractivity contribution in [3.63, 3.8) is 0 Å². The normalized spacial score (nSPS) is 11.3. The smallest absolute Gasteiger partial charge is 0.252 e. The van der Waals surface area contributed by atoms with Gasteiger partial charge < -0.3 is 4.57 Å². The van der Waals surface area contributed by atoms with Crippen LogP contribution in [-0.4, -0.2) is 9.55 Å². The predicted molar refractivity (Wildman–Crippen MR) is 112 cm³/mol. The van der Waals surface area contributed by atoms with Crippen LogP contribution in [0.4, 0.5) is 0 Å². The number of nitrogens with zero attached hydrogens (tertiary/aromatic N) is 2. The Balaban J connectivity index is 1.73. The van der Waals surface area contributed by atoms with Crippen molar-refractivity contribution in [1.29, 1.82) is 0 Å². The van der Waals surface area contributed by atoms with Crippen LogP contribution in [0, 0.1) is 0 Å². The Bertz CT molecular complexity index is 1290.